The molecule has 3 heterocycles. The van der Waals surface area contributed by atoms with Crippen LogP contribution in [0.4, 0.5) is 4.79 Å². The maximum Gasteiger partial charge on any atom is 0.320 e. The van der Waals surface area contributed by atoms with E-state index in [0.29, 0.717) is 13.2 Å². The quantitative estimate of drug-likeness (QED) is 0.816. The molecule has 3 fully saturated rings. The lowest BCUT2D eigenvalue weighted by Crippen LogP contribution is -2.49. The number of piperidine rings is 1. The van der Waals surface area contributed by atoms with Crippen molar-refractivity contribution in [2.75, 3.05) is 59.6 Å². The molecule has 0 saturated carbocycles. The Hall–Kier alpha value is -1.79. The summed E-state index contributed by atoms with van der Waals surface area (Å²) in [5, 5.41) is 0. The van der Waals surface area contributed by atoms with E-state index in [1.165, 1.54) is 18.4 Å². The van der Waals surface area contributed by atoms with Crippen molar-refractivity contribution in [2.45, 2.75) is 25.8 Å². The lowest BCUT2D eigenvalue weighted by atomic mass is 9.79. The van der Waals surface area contributed by atoms with E-state index in [2.05, 4.69) is 28.0 Å². The zero-order valence-corrected chi connectivity index (χ0v) is 16.4. The monoisotopic (exact) mass is 373 g/mol. The molecule has 1 aromatic rings. The van der Waals surface area contributed by atoms with Crippen molar-refractivity contribution in [1.29, 1.82) is 0 Å². The minimum atomic E-state index is 0.208. The summed E-state index contributed by atoms with van der Waals surface area (Å²) in [6.07, 6.45) is 3.57. The Bertz CT molecular complexity index is 662. The molecule has 0 unspecified atom stereocenters. The molecule has 27 heavy (non-hydrogen) atoms. The van der Waals surface area contributed by atoms with Crippen LogP contribution in [0.5, 0.6) is 5.75 Å². The second-order valence-electron chi connectivity index (χ2n) is 8.22. The van der Waals surface area contributed by atoms with Crippen LogP contribution in [-0.2, 0) is 11.3 Å². The molecule has 3 aliphatic rings. The first kappa shape index (κ1) is 18.6. The summed E-state index contributed by atoms with van der Waals surface area (Å²) in [4.78, 5) is 19.4. The number of carbonyl (C=O) groups is 1. The van der Waals surface area contributed by atoms with Crippen molar-refractivity contribution in [3.63, 3.8) is 0 Å². The molecule has 0 bridgehead atoms. The van der Waals surface area contributed by atoms with E-state index in [1.54, 1.807) is 7.11 Å². The second kappa shape index (κ2) is 8.07. The van der Waals surface area contributed by atoms with Gasteiger partial charge >= 0.3 is 6.03 Å². The molecule has 0 N–H and O–H groups in total. The SMILES string of the molecule is COc1cccc(CN2CCC[C@]3(CCN(C(=O)N4CCOCC4)C3)C2)c1. The zero-order valence-electron chi connectivity index (χ0n) is 16.4. The highest BCUT2D eigenvalue weighted by Gasteiger charge is 2.43. The van der Waals surface area contributed by atoms with E-state index >= 15 is 0 Å². The topological polar surface area (TPSA) is 45.2 Å². The Morgan fingerprint density at radius 2 is 1.96 bits per heavy atom. The third-order valence-corrected chi connectivity index (χ3v) is 6.27. The van der Waals surface area contributed by atoms with Gasteiger partial charge in [-0.15, -0.1) is 0 Å². The van der Waals surface area contributed by atoms with Crippen LogP contribution < -0.4 is 4.74 Å². The number of nitrogens with zero attached hydrogens (tertiary/aromatic N) is 3. The maximum absolute atomic E-state index is 12.8. The average molecular weight is 373 g/mol. The van der Waals surface area contributed by atoms with Crippen molar-refractivity contribution >= 4 is 6.03 Å². The van der Waals surface area contributed by atoms with E-state index < -0.39 is 0 Å². The Balaban J connectivity index is 1.36. The first-order valence-corrected chi connectivity index (χ1v) is 10.1. The van der Waals surface area contributed by atoms with Gasteiger partial charge in [0.1, 0.15) is 5.75 Å². The number of amides is 2. The molecule has 1 aromatic carbocycles. The average Bonchev–Trinajstić information content (AvgIpc) is 3.11. The molecule has 6 heteroatoms. The maximum atomic E-state index is 12.8. The number of rotatable bonds is 3. The van der Waals surface area contributed by atoms with Crippen molar-refractivity contribution in [3.8, 4) is 5.75 Å². The number of benzene rings is 1. The zero-order chi connectivity index (χ0) is 18.7. The van der Waals surface area contributed by atoms with Gasteiger partial charge in [-0.25, -0.2) is 4.79 Å². The van der Waals surface area contributed by atoms with Gasteiger partial charge in [0.25, 0.3) is 0 Å². The van der Waals surface area contributed by atoms with Crippen LogP contribution in [0.15, 0.2) is 24.3 Å². The molecular weight excluding hydrogens is 342 g/mol. The van der Waals surface area contributed by atoms with Crippen LogP contribution in [0.25, 0.3) is 0 Å². The molecule has 6 nitrogen and oxygen atoms in total. The van der Waals surface area contributed by atoms with E-state index in [0.717, 1.165) is 58.0 Å². The first-order valence-electron chi connectivity index (χ1n) is 10.1. The molecule has 4 rings (SSSR count). The number of likely N-dealkylation sites (tertiary alicyclic amines) is 2. The van der Waals surface area contributed by atoms with Crippen molar-refractivity contribution in [1.82, 2.24) is 14.7 Å². The van der Waals surface area contributed by atoms with Gasteiger partial charge in [-0.05, 0) is 43.5 Å². The Labute approximate surface area is 162 Å². The Morgan fingerprint density at radius 1 is 1.11 bits per heavy atom. The minimum Gasteiger partial charge on any atom is -0.497 e. The predicted molar refractivity (Wildman–Crippen MR) is 104 cm³/mol. The summed E-state index contributed by atoms with van der Waals surface area (Å²) >= 11 is 0. The highest BCUT2D eigenvalue weighted by molar-refractivity contribution is 5.75. The smallest absolute Gasteiger partial charge is 0.320 e. The number of carbonyl (C=O) groups excluding carboxylic acids is 1. The first-order chi connectivity index (χ1) is 13.2. The van der Waals surface area contributed by atoms with Gasteiger partial charge in [0, 0.05) is 44.7 Å². The lowest BCUT2D eigenvalue weighted by molar-refractivity contribution is 0.0419. The summed E-state index contributed by atoms with van der Waals surface area (Å²) in [7, 11) is 1.72. The lowest BCUT2D eigenvalue weighted by Gasteiger charge is -2.41. The van der Waals surface area contributed by atoms with Gasteiger partial charge in [0.15, 0.2) is 0 Å². The van der Waals surface area contributed by atoms with Gasteiger partial charge in [-0.2, -0.15) is 0 Å². The van der Waals surface area contributed by atoms with E-state index in [-0.39, 0.29) is 11.4 Å². The summed E-state index contributed by atoms with van der Waals surface area (Å²) in [6.45, 7) is 7.75. The van der Waals surface area contributed by atoms with Crippen LogP contribution in [-0.4, -0.2) is 80.3 Å². The van der Waals surface area contributed by atoms with Crippen molar-refractivity contribution < 1.29 is 14.3 Å². The third-order valence-electron chi connectivity index (χ3n) is 6.27. The fourth-order valence-electron chi connectivity index (χ4n) is 4.86. The van der Waals surface area contributed by atoms with E-state index in [9.17, 15) is 4.79 Å². The standard InChI is InChI=1S/C21H31N3O3/c1-26-19-5-2-4-18(14-19)15-22-8-3-6-21(16-22)7-9-24(17-21)20(25)23-10-12-27-13-11-23/h2,4-5,14H,3,6-13,15-17H2,1H3/t21-/m0/s1. The number of hydrogen-bond donors (Lipinski definition) is 0. The van der Waals surface area contributed by atoms with Crippen LogP contribution in [0.3, 0.4) is 0 Å². The van der Waals surface area contributed by atoms with Crippen LogP contribution in [0.1, 0.15) is 24.8 Å². The van der Waals surface area contributed by atoms with Crippen LogP contribution >= 0.6 is 0 Å². The van der Waals surface area contributed by atoms with Crippen molar-refractivity contribution in [2.24, 2.45) is 5.41 Å². The third kappa shape index (κ3) is 4.22. The molecular formula is C21H31N3O3. The summed E-state index contributed by atoms with van der Waals surface area (Å²) in [5.74, 6) is 0.919. The molecule has 3 aliphatic heterocycles. The van der Waals surface area contributed by atoms with Gasteiger partial charge in [-0.1, -0.05) is 12.1 Å². The minimum absolute atomic E-state index is 0.208. The Kier molecular flexibility index (Phi) is 5.55. The van der Waals surface area contributed by atoms with E-state index in [1.807, 2.05) is 11.0 Å². The molecule has 1 spiro atoms. The summed E-state index contributed by atoms with van der Waals surface area (Å²) < 4.78 is 10.7. The second-order valence-corrected chi connectivity index (χ2v) is 8.22. The number of urea groups is 1. The predicted octanol–water partition coefficient (Wildman–Crippen LogP) is 2.44. The molecule has 0 radical (unpaired) electrons. The molecule has 148 valence electrons. The molecule has 3 saturated heterocycles. The van der Waals surface area contributed by atoms with E-state index in [4.69, 9.17) is 9.47 Å². The number of methoxy groups -OCH3 is 1. The van der Waals surface area contributed by atoms with Crippen molar-refractivity contribution in [3.05, 3.63) is 29.8 Å². The summed E-state index contributed by atoms with van der Waals surface area (Å²) in [6, 6.07) is 8.57. The van der Waals surface area contributed by atoms with Gasteiger partial charge in [-0.3, -0.25) is 4.90 Å². The fraction of sp³-hybridized carbons (Fsp3) is 0.667. The Morgan fingerprint density at radius 3 is 2.78 bits per heavy atom. The highest BCUT2D eigenvalue weighted by Crippen LogP contribution is 2.39. The number of morpholine rings is 1. The molecule has 0 aliphatic carbocycles. The molecule has 0 aromatic heterocycles. The normalized spacial score (nSPS) is 26.6. The van der Waals surface area contributed by atoms with Gasteiger partial charge in [0.05, 0.1) is 20.3 Å². The molecule has 1 atom stereocenters. The van der Waals surface area contributed by atoms with Gasteiger partial charge in [0.2, 0.25) is 0 Å². The largest absolute Gasteiger partial charge is 0.497 e. The number of hydrogen-bond acceptors (Lipinski definition) is 4. The highest BCUT2D eigenvalue weighted by atomic mass is 16.5. The number of ether oxygens (including phenoxy) is 2. The van der Waals surface area contributed by atoms with Crippen LogP contribution in [0.2, 0.25) is 0 Å². The summed E-state index contributed by atoms with van der Waals surface area (Å²) in [5.41, 5.74) is 1.56. The van der Waals surface area contributed by atoms with Crippen LogP contribution in [0, 0.1) is 5.41 Å². The fourth-order valence-corrected chi connectivity index (χ4v) is 4.86. The van der Waals surface area contributed by atoms with Gasteiger partial charge < -0.3 is 19.3 Å². The molecule has 2 amide bonds.